The fraction of sp³-hybridized carbons (Fsp3) is 0.440. The Balaban J connectivity index is 1.55. The maximum atomic E-state index is 12.0. The highest BCUT2D eigenvalue weighted by atomic mass is 16.7. The zero-order valence-corrected chi connectivity index (χ0v) is 19.8. The minimum atomic E-state index is -1.66. The average molecular weight is 507 g/mol. The number of hydrogen-bond acceptors (Lipinski definition) is 11. The standard InChI is InChI=1S/C25H30O11/c1-13(2)11-17-20(28)16(24(32)35-17)9-10-33-25-23(31)22(30)21(29)18(36-25)12-34-19(27)8-5-14-3-6-15(26)7-4-14/h3-9,11,17-18,20-23,25-26,28-31H,10,12H2,1-2H3/b8-5+,16-9-/t17-,18+,20-,21-,22-,23-,25+/m1/s1. The molecule has 1 aromatic carbocycles. The van der Waals surface area contributed by atoms with Crippen LogP contribution >= 0.6 is 0 Å². The van der Waals surface area contributed by atoms with Gasteiger partial charge in [0.05, 0.1) is 12.2 Å². The number of aliphatic hydroxyl groups is 4. The van der Waals surface area contributed by atoms with Gasteiger partial charge >= 0.3 is 11.9 Å². The van der Waals surface area contributed by atoms with Crippen molar-refractivity contribution in [1.82, 2.24) is 0 Å². The number of carbonyl (C=O) groups is 2. The summed E-state index contributed by atoms with van der Waals surface area (Å²) in [7, 11) is 0. The van der Waals surface area contributed by atoms with E-state index in [4.69, 9.17) is 18.9 Å². The Morgan fingerprint density at radius 2 is 1.75 bits per heavy atom. The van der Waals surface area contributed by atoms with Gasteiger partial charge in [-0.3, -0.25) is 0 Å². The van der Waals surface area contributed by atoms with Gasteiger partial charge in [-0.05, 0) is 49.8 Å². The van der Waals surface area contributed by atoms with Crippen molar-refractivity contribution in [3.63, 3.8) is 0 Å². The molecular formula is C25H30O11. The molecule has 0 amide bonds. The number of hydrogen-bond donors (Lipinski definition) is 5. The minimum Gasteiger partial charge on any atom is -0.508 e. The first-order valence-electron chi connectivity index (χ1n) is 11.3. The largest absolute Gasteiger partial charge is 0.508 e. The summed E-state index contributed by atoms with van der Waals surface area (Å²) in [5.74, 6) is -1.38. The van der Waals surface area contributed by atoms with E-state index in [0.717, 1.165) is 11.6 Å². The molecule has 3 rings (SSSR count). The number of cyclic esters (lactones) is 1. The molecule has 0 bridgehead atoms. The maximum absolute atomic E-state index is 12.0. The van der Waals surface area contributed by atoms with Crippen LogP contribution in [0.25, 0.3) is 6.08 Å². The van der Waals surface area contributed by atoms with Crippen LogP contribution in [0.15, 0.2) is 53.6 Å². The van der Waals surface area contributed by atoms with E-state index in [9.17, 15) is 35.1 Å². The molecule has 11 heteroatoms. The highest BCUT2D eigenvalue weighted by Crippen LogP contribution is 2.25. The second-order valence-corrected chi connectivity index (χ2v) is 8.62. The summed E-state index contributed by atoms with van der Waals surface area (Å²) in [6.07, 6.45) is -3.99. The van der Waals surface area contributed by atoms with Gasteiger partial charge in [0.1, 0.15) is 42.9 Å². The predicted molar refractivity (Wildman–Crippen MR) is 124 cm³/mol. The van der Waals surface area contributed by atoms with Crippen molar-refractivity contribution in [2.45, 2.75) is 56.8 Å². The topological polar surface area (TPSA) is 172 Å². The third kappa shape index (κ3) is 7.00. The van der Waals surface area contributed by atoms with Gasteiger partial charge in [-0.25, -0.2) is 9.59 Å². The van der Waals surface area contributed by atoms with Gasteiger partial charge in [-0.2, -0.15) is 0 Å². The molecule has 2 fully saturated rings. The first-order valence-corrected chi connectivity index (χ1v) is 11.3. The van der Waals surface area contributed by atoms with Gasteiger partial charge in [-0.1, -0.05) is 17.7 Å². The molecule has 2 aliphatic heterocycles. The summed E-state index contributed by atoms with van der Waals surface area (Å²) in [4.78, 5) is 24.0. The lowest BCUT2D eigenvalue weighted by molar-refractivity contribution is -0.299. The van der Waals surface area contributed by atoms with Crippen LogP contribution in [-0.4, -0.2) is 93.6 Å². The van der Waals surface area contributed by atoms with Crippen LogP contribution in [0.2, 0.25) is 0 Å². The number of phenolic OH excluding ortho intramolecular Hbond substituents is 1. The number of benzene rings is 1. The number of esters is 2. The maximum Gasteiger partial charge on any atom is 0.337 e. The summed E-state index contributed by atoms with van der Waals surface area (Å²) in [6.45, 7) is 2.87. The fourth-order valence-electron chi connectivity index (χ4n) is 3.60. The van der Waals surface area contributed by atoms with Gasteiger partial charge in [-0.15, -0.1) is 0 Å². The molecule has 2 aliphatic rings. The van der Waals surface area contributed by atoms with E-state index < -0.39 is 61.5 Å². The molecule has 11 nitrogen and oxygen atoms in total. The Labute approximate surface area is 207 Å². The van der Waals surface area contributed by atoms with E-state index in [1.807, 2.05) is 0 Å². The molecule has 5 N–H and O–H groups in total. The van der Waals surface area contributed by atoms with Crippen molar-refractivity contribution in [3.8, 4) is 5.75 Å². The number of allylic oxidation sites excluding steroid dienone is 1. The van der Waals surface area contributed by atoms with E-state index in [1.54, 1.807) is 32.1 Å². The lowest BCUT2D eigenvalue weighted by Crippen LogP contribution is -2.59. The van der Waals surface area contributed by atoms with Gasteiger partial charge in [0, 0.05) is 6.08 Å². The molecule has 0 spiro atoms. The average Bonchev–Trinajstić information content (AvgIpc) is 3.09. The molecule has 1 aromatic rings. The highest BCUT2D eigenvalue weighted by Gasteiger charge is 2.45. The summed E-state index contributed by atoms with van der Waals surface area (Å²) < 4.78 is 21.1. The second kappa shape index (κ2) is 12.3. The number of phenols is 1. The van der Waals surface area contributed by atoms with Crippen molar-refractivity contribution >= 4 is 18.0 Å². The predicted octanol–water partition coefficient (Wildman–Crippen LogP) is -0.0483. The van der Waals surface area contributed by atoms with Crippen molar-refractivity contribution in [3.05, 3.63) is 59.2 Å². The molecule has 2 heterocycles. The van der Waals surface area contributed by atoms with Crippen molar-refractivity contribution in [2.75, 3.05) is 13.2 Å². The van der Waals surface area contributed by atoms with Gasteiger partial charge in [0.15, 0.2) is 12.4 Å². The smallest absolute Gasteiger partial charge is 0.337 e. The lowest BCUT2D eigenvalue weighted by atomic mass is 9.99. The number of aromatic hydroxyl groups is 1. The zero-order valence-electron chi connectivity index (χ0n) is 19.8. The molecular weight excluding hydrogens is 476 g/mol. The number of carbonyl (C=O) groups excluding carboxylic acids is 2. The minimum absolute atomic E-state index is 0.0192. The molecule has 36 heavy (non-hydrogen) atoms. The Morgan fingerprint density at radius 3 is 2.42 bits per heavy atom. The molecule has 0 saturated carbocycles. The zero-order chi connectivity index (χ0) is 26.4. The third-order valence-corrected chi connectivity index (χ3v) is 5.53. The first-order chi connectivity index (χ1) is 17.1. The summed E-state index contributed by atoms with van der Waals surface area (Å²) in [6, 6.07) is 6.10. The quantitative estimate of drug-likeness (QED) is 0.182. The normalized spacial score (nSPS) is 31.4. The number of aliphatic hydroxyl groups excluding tert-OH is 4. The monoisotopic (exact) mass is 506 g/mol. The van der Waals surface area contributed by atoms with E-state index in [-0.39, 0.29) is 17.9 Å². The van der Waals surface area contributed by atoms with Crippen LogP contribution in [0.4, 0.5) is 0 Å². The summed E-state index contributed by atoms with van der Waals surface area (Å²) >= 11 is 0. The van der Waals surface area contributed by atoms with Gasteiger partial charge < -0.3 is 44.5 Å². The number of ether oxygens (including phenoxy) is 4. The van der Waals surface area contributed by atoms with Crippen LogP contribution in [-0.2, 0) is 28.5 Å². The Hall–Kier alpha value is -3.06. The molecule has 0 aromatic heterocycles. The Bertz CT molecular complexity index is 1010. The van der Waals surface area contributed by atoms with Crippen molar-refractivity contribution in [1.29, 1.82) is 0 Å². The molecule has 0 aliphatic carbocycles. The molecule has 7 atom stereocenters. The molecule has 196 valence electrons. The van der Waals surface area contributed by atoms with Crippen molar-refractivity contribution in [2.24, 2.45) is 0 Å². The van der Waals surface area contributed by atoms with Gasteiger partial charge in [0.2, 0.25) is 0 Å². The second-order valence-electron chi connectivity index (χ2n) is 8.62. The highest BCUT2D eigenvalue weighted by molar-refractivity contribution is 5.92. The Kier molecular flexibility index (Phi) is 9.37. The van der Waals surface area contributed by atoms with Crippen LogP contribution in [0.3, 0.4) is 0 Å². The van der Waals surface area contributed by atoms with Gasteiger partial charge in [0.25, 0.3) is 0 Å². The molecule has 0 unspecified atom stereocenters. The Morgan fingerprint density at radius 1 is 1.06 bits per heavy atom. The fourth-order valence-corrected chi connectivity index (χ4v) is 3.60. The van der Waals surface area contributed by atoms with Crippen molar-refractivity contribution < 1.29 is 54.1 Å². The lowest BCUT2D eigenvalue weighted by Gasteiger charge is -2.39. The van der Waals surface area contributed by atoms with Crippen LogP contribution < -0.4 is 0 Å². The van der Waals surface area contributed by atoms with Crippen LogP contribution in [0.5, 0.6) is 5.75 Å². The summed E-state index contributed by atoms with van der Waals surface area (Å²) in [5.41, 5.74) is 1.48. The first kappa shape index (κ1) is 27.5. The summed E-state index contributed by atoms with van der Waals surface area (Å²) in [5, 5.41) is 50.2. The van der Waals surface area contributed by atoms with E-state index >= 15 is 0 Å². The van der Waals surface area contributed by atoms with E-state index in [1.165, 1.54) is 24.3 Å². The molecule has 0 radical (unpaired) electrons. The van der Waals surface area contributed by atoms with E-state index in [2.05, 4.69) is 0 Å². The van der Waals surface area contributed by atoms with Crippen LogP contribution in [0.1, 0.15) is 19.4 Å². The molecule has 2 saturated heterocycles. The third-order valence-electron chi connectivity index (χ3n) is 5.53. The number of rotatable bonds is 8. The SMILES string of the molecule is CC(C)=C[C@H]1OC(=O)/C(=C\CO[C@H]2O[C@@H](COC(=O)/C=C/c3ccc(O)cc3)[C@@H](O)[C@@H](O)[C@H]2O)[C@H]1O. The van der Waals surface area contributed by atoms with E-state index in [0.29, 0.717) is 5.56 Å². The van der Waals surface area contributed by atoms with Crippen LogP contribution in [0, 0.1) is 0 Å².